The molecule has 0 saturated heterocycles. The quantitative estimate of drug-likeness (QED) is 0.650. The monoisotopic (exact) mass is 260 g/mol. The van der Waals surface area contributed by atoms with Crippen LogP contribution in [0.3, 0.4) is 0 Å². The Hall–Kier alpha value is -1.82. The average Bonchev–Trinajstić information content (AvgIpc) is 3.09. The summed E-state index contributed by atoms with van der Waals surface area (Å²) in [5.74, 6) is 1.56. The summed E-state index contributed by atoms with van der Waals surface area (Å²) in [6, 6.07) is 19.9. The summed E-state index contributed by atoms with van der Waals surface area (Å²) in [6.45, 7) is 2.44. The van der Waals surface area contributed by atoms with Gasteiger partial charge < -0.3 is 0 Å². The van der Waals surface area contributed by atoms with Gasteiger partial charge in [-0.25, -0.2) is 0 Å². The Bertz CT molecular complexity index is 635. The van der Waals surface area contributed by atoms with Crippen LogP contribution in [0, 0.1) is 11.8 Å². The molecule has 3 unspecified atom stereocenters. The SMILES string of the molecule is CC1(c2ccc(-c3ccccc3)cc2)CC2C=CC1C2. The first-order chi connectivity index (χ1) is 9.75. The van der Waals surface area contributed by atoms with Crippen molar-refractivity contribution in [2.24, 2.45) is 11.8 Å². The summed E-state index contributed by atoms with van der Waals surface area (Å²) in [5.41, 5.74) is 4.48. The Balaban J connectivity index is 1.67. The molecule has 2 aromatic rings. The van der Waals surface area contributed by atoms with Crippen LogP contribution < -0.4 is 0 Å². The second-order valence-electron chi connectivity index (χ2n) is 6.55. The third-order valence-corrected chi connectivity index (χ3v) is 5.33. The predicted octanol–water partition coefficient (Wildman–Crippen LogP) is 5.21. The highest BCUT2D eigenvalue weighted by Gasteiger charge is 2.45. The van der Waals surface area contributed by atoms with Crippen molar-refractivity contribution < 1.29 is 0 Å². The first-order valence-corrected chi connectivity index (χ1v) is 7.60. The van der Waals surface area contributed by atoms with Crippen LogP contribution >= 0.6 is 0 Å². The van der Waals surface area contributed by atoms with Crippen LogP contribution in [0.5, 0.6) is 0 Å². The number of allylic oxidation sites excluding steroid dienone is 2. The van der Waals surface area contributed by atoms with Gasteiger partial charge in [-0.3, -0.25) is 0 Å². The molecule has 0 spiro atoms. The minimum atomic E-state index is 0.356. The third kappa shape index (κ3) is 1.75. The van der Waals surface area contributed by atoms with Gasteiger partial charge in [-0.1, -0.05) is 73.7 Å². The fourth-order valence-corrected chi connectivity index (χ4v) is 4.10. The maximum absolute atomic E-state index is 2.44. The van der Waals surface area contributed by atoms with E-state index in [1.54, 1.807) is 0 Å². The molecule has 0 nitrogen and oxygen atoms in total. The fourth-order valence-electron chi connectivity index (χ4n) is 4.10. The van der Waals surface area contributed by atoms with E-state index in [0.29, 0.717) is 5.41 Å². The average molecular weight is 260 g/mol. The van der Waals surface area contributed by atoms with Gasteiger partial charge in [-0.15, -0.1) is 0 Å². The normalized spacial score (nSPS) is 30.9. The van der Waals surface area contributed by atoms with E-state index in [1.807, 2.05) is 0 Å². The predicted molar refractivity (Wildman–Crippen MR) is 84.6 cm³/mol. The molecule has 2 aliphatic carbocycles. The van der Waals surface area contributed by atoms with Gasteiger partial charge in [0.25, 0.3) is 0 Å². The molecule has 2 aromatic carbocycles. The molecule has 0 amide bonds. The van der Waals surface area contributed by atoms with Crippen molar-refractivity contribution in [3.8, 4) is 11.1 Å². The van der Waals surface area contributed by atoms with Crippen LogP contribution in [-0.4, -0.2) is 0 Å². The highest BCUT2D eigenvalue weighted by atomic mass is 14.5. The van der Waals surface area contributed by atoms with Crippen molar-refractivity contribution in [2.75, 3.05) is 0 Å². The van der Waals surface area contributed by atoms with E-state index >= 15 is 0 Å². The maximum atomic E-state index is 2.44. The van der Waals surface area contributed by atoms with E-state index in [2.05, 4.69) is 73.7 Å². The van der Waals surface area contributed by atoms with E-state index in [4.69, 9.17) is 0 Å². The molecule has 0 heteroatoms. The molecule has 0 radical (unpaired) electrons. The molecule has 2 aliphatic rings. The lowest BCUT2D eigenvalue weighted by atomic mass is 9.72. The minimum absolute atomic E-state index is 0.356. The fraction of sp³-hybridized carbons (Fsp3) is 0.300. The molecule has 4 rings (SSSR count). The minimum Gasteiger partial charge on any atom is -0.0851 e. The van der Waals surface area contributed by atoms with Crippen LogP contribution in [-0.2, 0) is 5.41 Å². The summed E-state index contributed by atoms with van der Waals surface area (Å²) in [6.07, 6.45) is 7.54. The standard InChI is InChI=1S/C20H20/c1-20(14-15-7-10-19(20)13-15)18-11-8-17(9-12-18)16-5-3-2-4-6-16/h2-12,15,19H,13-14H2,1H3. The molecule has 20 heavy (non-hydrogen) atoms. The molecule has 0 aliphatic heterocycles. The zero-order valence-corrected chi connectivity index (χ0v) is 11.9. The summed E-state index contributed by atoms with van der Waals surface area (Å²) < 4.78 is 0. The topological polar surface area (TPSA) is 0 Å². The summed E-state index contributed by atoms with van der Waals surface area (Å²) in [4.78, 5) is 0. The molecular weight excluding hydrogens is 240 g/mol. The zero-order chi connectivity index (χ0) is 13.6. The largest absolute Gasteiger partial charge is 0.0851 e. The zero-order valence-electron chi connectivity index (χ0n) is 11.9. The van der Waals surface area contributed by atoms with Crippen molar-refractivity contribution in [1.29, 1.82) is 0 Å². The molecule has 3 atom stereocenters. The lowest BCUT2D eigenvalue weighted by molar-refractivity contribution is 0.396. The molecule has 1 saturated carbocycles. The van der Waals surface area contributed by atoms with Crippen LogP contribution in [0.25, 0.3) is 11.1 Å². The van der Waals surface area contributed by atoms with Crippen LogP contribution in [0.2, 0.25) is 0 Å². The first-order valence-electron chi connectivity index (χ1n) is 7.60. The summed E-state index contributed by atoms with van der Waals surface area (Å²) in [7, 11) is 0. The molecule has 100 valence electrons. The van der Waals surface area contributed by atoms with Crippen molar-refractivity contribution in [3.63, 3.8) is 0 Å². The smallest absolute Gasteiger partial charge is 0.000676 e. The highest BCUT2D eigenvalue weighted by molar-refractivity contribution is 5.63. The lowest BCUT2D eigenvalue weighted by Gasteiger charge is -2.32. The number of rotatable bonds is 2. The van der Waals surface area contributed by atoms with Crippen LogP contribution in [0.15, 0.2) is 66.7 Å². The van der Waals surface area contributed by atoms with E-state index in [-0.39, 0.29) is 0 Å². The Kier molecular flexibility index (Phi) is 2.60. The number of hydrogen-bond acceptors (Lipinski definition) is 0. The third-order valence-electron chi connectivity index (χ3n) is 5.33. The molecule has 1 fully saturated rings. The van der Waals surface area contributed by atoms with E-state index in [1.165, 1.54) is 29.5 Å². The Morgan fingerprint density at radius 3 is 2.15 bits per heavy atom. The molecular formula is C20H20. The second-order valence-corrected chi connectivity index (χ2v) is 6.55. The maximum Gasteiger partial charge on any atom is -0.000676 e. The van der Waals surface area contributed by atoms with Crippen LogP contribution in [0.1, 0.15) is 25.3 Å². The number of benzene rings is 2. The number of fused-ring (bicyclic) bond motifs is 2. The van der Waals surface area contributed by atoms with Gasteiger partial charge in [0.2, 0.25) is 0 Å². The molecule has 2 bridgehead atoms. The van der Waals surface area contributed by atoms with E-state index in [0.717, 1.165) is 11.8 Å². The van der Waals surface area contributed by atoms with Gasteiger partial charge in [0.1, 0.15) is 0 Å². The number of hydrogen-bond donors (Lipinski definition) is 0. The van der Waals surface area contributed by atoms with Gasteiger partial charge in [-0.05, 0) is 46.8 Å². The Morgan fingerprint density at radius 1 is 0.850 bits per heavy atom. The van der Waals surface area contributed by atoms with E-state index < -0.39 is 0 Å². The van der Waals surface area contributed by atoms with E-state index in [9.17, 15) is 0 Å². The van der Waals surface area contributed by atoms with Gasteiger partial charge in [0.15, 0.2) is 0 Å². The summed E-state index contributed by atoms with van der Waals surface area (Å²) >= 11 is 0. The first kappa shape index (κ1) is 12.0. The second kappa shape index (κ2) is 4.34. The van der Waals surface area contributed by atoms with Gasteiger partial charge in [0.05, 0.1) is 0 Å². The lowest BCUT2D eigenvalue weighted by Crippen LogP contribution is -2.26. The Morgan fingerprint density at radius 2 is 1.55 bits per heavy atom. The van der Waals surface area contributed by atoms with Crippen molar-refractivity contribution in [2.45, 2.75) is 25.2 Å². The molecule has 0 aromatic heterocycles. The van der Waals surface area contributed by atoms with Gasteiger partial charge in [-0.2, -0.15) is 0 Å². The summed E-state index contributed by atoms with van der Waals surface area (Å²) in [5, 5.41) is 0. The van der Waals surface area contributed by atoms with Crippen molar-refractivity contribution in [1.82, 2.24) is 0 Å². The van der Waals surface area contributed by atoms with Crippen molar-refractivity contribution in [3.05, 3.63) is 72.3 Å². The highest BCUT2D eigenvalue weighted by Crippen LogP contribution is 2.53. The van der Waals surface area contributed by atoms with Crippen LogP contribution in [0.4, 0.5) is 0 Å². The van der Waals surface area contributed by atoms with Crippen molar-refractivity contribution >= 4 is 0 Å². The Labute approximate surface area is 121 Å². The van der Waals surface area contributed by atoms with Gasteiger partial charge >= 0.3 is 0 Å². The van der Waals surface area contributed by atoms with Gasteiger partial charge in [0, 0.05) is 0 Å². The molecule has 0 heterocycles. The molecule has 0 N–H and O–H groups in total.